The Morgan fingerprint density at radius 2 is 1.76 bits per heavy atom. The topological polar surface area (TPSA) is 77.1 Å². The molecular formula is C27H26N2O5. The molecule has 1 atom stereocenters. The SMILES string of the molecule is COC(=O)c1ccc(COc2ccc([C@H]3Nc4ccccc4C(=O)N3C3CC3)cc2OC)cc1. The Balaban J connectivity index is 1.36. The maximum Gasteiger partial charge on any atom is 0.337 e. The van der Waals surface area contributed by atoms with Crippen molar-refractivity contribution >= 4 is 17.6 Å². The highest BCUT2D eigenvalue weighted by molar-refractivity contribution is 6.02. The second-order valence-electron chi connectivity index (χ2n) is 8.42. The first-order valence-electron chi connectivity index (χ1n) is 11.2. The number of rotatable bonds is 7. The van der Waals surface area contributed by atoms with Gasteiger partial charge < -0.3 is 24.4 Å². The Hall–Kier alpha value is -4.00. The molecule has 0 aromatic heterocycles. The van der Waals surface area contributed by atoms with Gasteiger partial charge in [-0.3, -0.25) is 4.79 Å². The molecule has 7 heteroatoms. The third-order valence-corrected chi connectivity index (χ3v) is 6.18. The van der Waals surface area contributed by atoms with Crippen molar-refractivity contribution in [3.05, 3.63) is 89.0 Å². The van der Waals surface area contributed by atoms with E-state index in [2.05, 4.69) is 5.32 Å². The quantitative estimate of drug-likeness (QED) is 0.513. The predicted molar refractivity (Wildman–Crippen MR) is 127 cm³/mol. The minimum Gasteiger partial charge on any atom is -0.493 e. The van der Waals surface area contributed by atoms with Gasteiger partial charge in [0, 0.05) is 11.7 Å². The number of fused-ring (bicyclic) bond motifs is 1. The van der Waals surface area contributed by atoms with Gasteiger partial charge in [-0.25, -0.2) is 4.79 Å². The van der Waals surface area contributed by atoms with Crippen LogP contribution in [0.3, 0.4) is 0 Å². The Kier molecular flexibility index (Phi) is 5.84. The lowest BCUT2D eigenvalue weighted by molar-refractivity contribution is 0.0599. The summed E-state index contributed by atoms with van der Waals surface area (Å²) in [5, 5.41) is 3.53. The van der Waals surface area contributed by atoms with E-state index in [4.69, 9.17) is 14.2 Å². The highest BCUT2D eigenvalue weighted by Gasteiger charge is 2.42. The zero-order valence-electron chi connectivity index (χ0n) is 19.1. The number of hydrogen-bond acceptors (Lipinski definition) is 6. The van der Waals surface area contributed by atoms with Gasteiger partial charge in [0.1, 0.15) is 12.8 Å². The van der Waals surface area contributed by atoms with Gasteiger partial charge in [-0.2, -0.15) is 0 Å². The lowest BCUT2D eigenvalue weighted by atomic mass is 10.0. The van der Waals surface area contributed by atoms with Crippen molar-refractivity contribution < 1.29 is 23.8 Å². The number of methoxy groups -OCH3 is 2. The van der Waals surface area contributed by atoms with Crippen LogP contribution in [0, 0.1) is 0 Å². The monoisotopic (exact) mass is 458 g/mol. The smallest absolute Gasteiger partial charge is 0.337 e. The molecule has 3 aromatic carbocycles. The Labute approximate surface area is 198 Å². The zero-order chi connectivity index (χ0) is 23.7. The van der Waals surface area contributed by atoms with Crippen molar-refractivity contribution in [2.45, 2.75) is 31.7 Å². The standard InChI is InChI=1S/C27H26N2O5/c1-32-24-15-19(11-14-23(24)34-16-17-7-9-18(10-8-17)27(31)33-2)25-28-22-6-4-3-5-21(22)26(30)29(25)20-12-13-20/h3-11,14-15,20,25,28H,12-13,16H2,1-2H3/t25-/m0/s1. The molecule has 3 aromatic rings. The van der Waals surface area contributed by atoms with E-state index in [0.29, 0.717) is 29.2 Å². The molecule has 1 N–H and O–H groups in total. The first kappa shape index (κ1) is 21.8. The molecule has 0 unspecified atom stereocenters. The van der Waals surface area contributed by atoms with Crippen molar-refractivity contribution in [2.24, 2.45) is 0 Å². The van der Waals surface area contributed by atoms with E-state index in [1.807, 2.05) is 59.5 Å². The van der Waals surface area contributed by atoms with E-state index in [1.54, 1.807) is 19.2 Å². The average molecular weight is 459 g/mol. The average Bonchev–Trinajstić information content (AvgIpc) is 3.72. The van der Waals surface area contributed by atoms with Crippen LogP contribution in [-0.2, 0) is 11.3 Å². The molecule has 1 heterocycles. The van der Waals surface area contributed by atoms with Crippen LogP contribution >= 0.6 is 0 Å². The summed E-state index contributed by atoms with van der Waals surface area (Å²) >= 11 is 0. The molecule has 0 spiro atoms. The Morgan fingerprint density at radius 1 is 1.00 bits per heavy atom. The van der Waals surface area contributed by atoms with E-state index in [-0.39, 0.29) is 24.1 Å². The Morgan fingerprint density at radius 3 is 2.47 bits per heavy atom. The van der Waals surface area contributed by atoms with Crippen LogP contribution in [-0.4, -0.2) is 37.0 Å². The van der Waals surface area contributed by atoms with Gasteiger partial charge in [0.15, 0.2) is 11.5 Å². The van der Waals surface area contributed by atoms with E-state index < -0.39 is 0 Å². The van der Waals surface area contributed by atoms with Gasteiger partial charge in [0.25, 0.3) is 5.91 Å². The summed E-state index contributed by atoms with van der Waals surface area (Å²) in [5.41, 5.74) is 3.88. The lowest BCUT2D eigenvalue weighted by Crippen LogP contribution is -2.44. The number of carbonyl (C=O) groups is 2. The second kappa shape index (κ2) is 9.09. The minimum atomic E-state index is -0.373. The van der Waals surface area contributed by atoms with E-state index >= 15 is 0 Å². The van der Waals surface area contributed by atoms with Crippen LogP contribution in [0.15, 0.2) is 66.7 Å². The van der Waals surface area contributed by atoms with Gasteiger partial charge in [0.2, 0.25) is 0 Å². The van der Waals surface area contributed by atoms with Crippen LogP contribution in [0.5, 0.6) is 11.5 Å². The normalized spacial score (nSPS) is 16.9. The number of amides is 1. The molecule has 7 nitrogen and oxygen atoms in total. The fourth-order valence-corrected chi connectivity index (χ4v) is 4.23. The molecule has 1 amide bonds. The number of carbonyl (C=O) groups excluding carboxylic acids is 2. The van der Waals surface area contributed by atoms with Crippen LogP contribution < -0.4 is 14.8 Å². The molecule has 0 radical (unpaired) electrons. The number of esters is 1. The van der Waals surface area contributed by atoms with Crippen LogP contribution in [0.2, 0.25) is 0 Å². The van der Waals surface area contributed by atoms with Crippen LogP contribution in [0.1, 0.15) is 50.9 Å². The second-order valence-corrected chi connectivity index (χ2v) is 8.42. The number of nitrogens with one attached hydrogen (secondary N) is 1. The first-order valence-corrected chi connectivity index (χ1v) is 11.2. The van der Waals surface area contributed by atoms with Gasteiger partial charge in [0.05, 0.1) is 25.3 Å². The van der Waals surface area contributed by atoms with Gasteiger partial charge >= 0.3 is 5.97 Å². The number of hydrogen-bond donors (Lipinski definition) is 1. The van der Waals surface area contributed by atoms with E-state index in [9.17, 15) is 9.59 Å². The van der Waals surface area contributed by atoms with Crippen molar-refractivity contribution in [1.29, 1.82) is 0 Å². The Bertz CT molecular complexity index is 1220. The number of nitrogens with zero attached hydrogens (tertiary/aromatic N) is 1. The highest BCUT2D eigenvalue weighted by Crippen LogP contribution is 2.42. The van der Waals surface area contributed by atoms with Gasteiger partial charge in [-0.15, -0.1) is 0 Å². The van der Waals surface area contributed by atoms with Gasteiger partial charge in [-0.1, -0.05) is 30.3 Å². The molecule has 174 valence electrons. The van der Waals surface area contributed by atoms with Crippen molar-refractivity contribution in [1.82, 2.24) is 4.90 Å². The summed E-state index contributed by atoms with van der Waals surface area (Å²) < 4.78 is 16.4. The van der Waals surface area contributed by atoms with E-state index in [1.165, 1.54) is 7.11 Å². The largest absolute Gasteiger partial charge is 0.493 e. The highest BCUT2D eigenvalue weighted by atomic mass is 16.5. The first-order chi connectivity index (χ1) is 16.6. The molecular weight excluding hydrogens is 432 g/mol. The number of ether oxygens (including phenoxy) is 3. The van der Waals surface area contributed by atoms with Crippen molar-refractivity contribution in [2.75, 3.05) is 19.5 Å². The maximum atomic E-state index is 13.2. The molecule has 1 fully saturated rings. The summed E-state index contributed by atoms with van der Waals surface area (Å²) in [7, 11) is 2.96. The summed E-state index contributed by atoms with van der Waals surface area (Å²) in [6.45, 7) is 0.318. The fraction of sp³-hybridized carbons (Fsp3) is 0.259. The molecule has 1 saturated carbocycles. The molecule has 34 heavy (non-hydrogen) atoms. The molecule has 0 bridgehead atoms. The molecule has 2 aliphatic rings. The summed E-state index contributed by atoms with van der Waals surface area (Å²) in [6, 6.07) is 20.7. The lowest BCUT2D eigenvalue weighted by Gasteiger charge is -2.38. The minimum absolute atomic E-state index is 0.0524. The van der Waals surface area contributed by atoms with Crippen molar-refractivity contribution in [3.63, 3.8) is 0 Å². The number of para-hydroxylation sites is 1. The fourth-order valence-electron chi connectivity index (χ4n) is 4.23. The number of anilines is 1. The third-order valence-electron chi connectivity index (χ3n) is 6.18. The predicted octanol–water partition coefficient (Wildman–Crippen LogP) is 4.79. The van der Waals surface area contributed by atoms with Crippen molar-refractivity contribution in [3.8, 4) is 11.5 Å². The molecule has 0 saturated heterocycles. The maximum absolute atomic E-state index is 13.2. The molecule has 1 aliphatic carbocycles. The third kappa shape index (κ3) is 4.17. The van der Waals surface area contributed by atoms with Crippen LogP contribution in [0.25, 0.3) is 0 Å². The van der Waals surface area contributed by atoms with E-state index in [0.717, 1.165) is 29.7 Å². The van der Waals surface area contributed by atoms with Gasteiger partial charge in [-0.05, 0) is 60.4 Å². The molecule has 1 aliphatic heterocycles. The number of benzene rings is 3. The summed E-state index contributed by atoms with van der Waals surface area (Å²) in [6.07, 6.45) is 1.75. The summed E-state index contributed by atoms with van der Waals surface area (Å²) in [4.78, 5) is 26.8. The van der Waals surface area contributed by atoms with Crippen LogP contribution in [0.4, 0.5) is 5.69 Å². The zero-order valence-corrected chi connectivity index (χ0v) is 19.1. The summed E-state index contributed by atoms with van der Waals surface area (Å²) in [5.74, 6) is 0.871. The molecule has 5 rings (SSSR count).